The van der Waals surface area contributed by atoms with Gasteiger partial charge in [0.25, 0.3) is 0 Å². The molecule has 4 heterocycles. The highest BCUT2D eigenvalue weighted by atomic mass is 19.1. The van der Waals surface area contributed by atoms with E-state index in [1.54, 1.807) is 18.3 Å². The number of rotatable bonds is 4. The molecule has 3 N–H and O–H groups in total. The van der Waals surface area contributed by atoms with Gasteiger partial charge in [-0.25, -0.2) is 14.2 Å². The number of aliphatic hydroxyl groups is 1. The van der Waals surface area contributed by atoms with E-state index in [4.69, 9.17) is 9.72 Å². The molecule has 3 aromatic heterocycles. The molecule has 0 bridgehead atoms. The van der Waals surface area contributed by atoms with Crippen molar-refractivity contribution >= 4 is 28.0 Å². The van der Waals surface area contributed by atoms with Gasteiger partial charge in [-0.05, 0) is 61.9 Å². The van der Waals surface area contributed by atoms with Gasteiger partial charge in [0.1, 0.15) is 5.82 Å². The van der Waals surface area contributed by atoms with Crippen molar-refractivity contribution in [1.29, 1.82) is 0 Å². The molecule has 9 heteroatoms. The first-order valence-corrected chi connectivity index (χ1v) is 11.1. The Balaban J connectivity index is 1.64. The summed E-state index contributed by atoms with van der Waals surface area (Å²) in [7, 11) is 0. The smallest absolute Gasteiger partial charge is 0.335 e. The Morgan fingerprint density at radius 2 is 1.91 bits per heavy atom. The number of H-pyrrole nitrogens is 1. The van der Waals surface area contributed by atoms with Crippen LogP contribution in [0.2, 0.25) is 0 Å². The molecule has 1 aromatic carbocycles. The fourth-order valence-electron chi connectivity index (χ4n) is 5.39. The number of fused-ring (bicyclic) bond motifs is 2. The van der Waals surface area contributed by atoms with Crippen molar-refractivity contribution in [3.63, 3.8) is 0 Å². The highest BCUT2D eigenvalue weighted by Gasteiger charge is 2.51. The van der Waals surface area contributed by atoms with Gasteiger partial charge in [0.05, 0.1) is 17.2 Å². The largest absolute Gasteiger partial charge is 0.479 e. The van der Waals surface area contributed by atoms with Gasteiger partial charge in [-0.2, -0.15) is 5.10 Å². The monoisotopic (exact) mass is 450 g/mol. The van der Waals surface area contributed by atoms with Gasteiger partial charge in [-0.15, -0.1) is 0 Å². The molecule has 1 saturated heterocycles. The molecule has 8 nitrogen and oxygen atoms in total. The Morgan fingerprint density at radius 1 is 1.18 bits per heavy atom. The first-order chi connectivity index (χ1) is 15.9. The van der Waals surface area contributed by atoms with Crippen LogP contribution in [-0.2, 0) is 9.53 Å². The van der Waals surface area contributed by atoms with E-state index in [1.165, 1.54) is 12.1 Å². The number of aromatic nitrogens is 4. The summed E-state index contributed by atoms with van der Waals surface area (Å²) in [6.07, 6.45) is 3.61. The summed E-state index contributed by atoms with van der Waals surface area (Å²) in [5.74, 6) is -1.49. The second kappa shape index (κ2) is 7.36. The quantitative estimate of drug-likeness (QED) is 0.438. The molecule has 0 unspecified atom stereocenters. The lowest BCUT2D eigenvalue weighted by molar-refractivity contribution is -0.169. The zero-order valence-corrected chi connectivity index (χ0v) is 17.8. The molecule has 4 aromatic rings. The van der Waals surface area contributed by atoms with Crippen molar-refractivity contribution in [2.24, 2.45) is 0 Å². The van der Waals surface area contributed by atoms with E-state index in [9.17, 15) is 19.4 Å². The number of pyridine rings is 1. The van der Waals surface area contributed by atoms with Crippen LogP contribution in [0.3, 0.4) is 0 Å². The SMILES string of the molecule is O=C(O)[C@]1(O)C[C@@H](c2c(C3CCOCC3)n(-c3ccc(F)cc3)c3cc4cn[nH]c4nc32)C1. The Morgan fingerprint density at radius 3 is 2.61 bits per heavy atom. The maximum atomic E-state index is 13.8. The number of benzene rings is 1. The second-order valence-corrected chi connectivity index (χ2v) is 9.10. The number of aliphatic carboxylic acids is 1. The van der Waals surface area contributed by atoms with Crippen molar-refractivity contribution < 1.29 is 24.1 Å². The van der Waals surface area contributed by atoms with E-state index in [2.05, 4.69) is 14.8 Å². The number of nitrogens with zero attached hydrogens (tertiary/aromatic N) is 3. The van der Waals surface area contributed by atoms with Gasteiger partial charge >= 0.3 is 5.97 Å². The molecule has 0 radical (unpaired) electrons. The summed E-state index contributed by atoms with van der Waals surface area (Å²) in [6.45, 7) is 1.27. The predicted molar refractivity (Wildman–Crippen MR) is 118 cm³/mol. The van der Waals surface area contributed by atoms with Gasteiger partial charge in [-0.1, -0.05) is 0 Å². The third-order valence-electron chi connectivity index (χ3n) is 7.09. The summed E-state index contributed by atoms with van der Waals surface area (Å²) >= 11 is 0. The number of hydrogen-bond donors (Lipinski definition) is 3. The molecule has 2 fully saturated rings. The molecule has 1 aliphatic carbocycles. The van der Waals surface area contributed by atoms with Gasteiger partial charge < -0.3 is 19.5 Å². The maximum Gasteiger partial charge on any atom is 0.335 e. The standard InChI is InChI=1S/C24H23FN4O4/c25-16-1-3-17(4-2-16)29-18-9-14-12-26-28-22(14)27-20(18)19(15-10-24(32,11-15)23(30)31)21(29)13-5-7-33-8-6-13/h1-4,9,12-13,15,32H,5-8,10-11H2,(H,30,31)(H,26,27,28)/t15-,24+. The minimum Gasteiger partial charge on any atom is -0.479 e. The van der Waals surface area contributed by atoms with Gasteiger partial charge in [0.15, 0.2) is 11.2 Å². The lowest BCUT2D eigenvalue weighted by Crippen LogP contribution is -2.49. The van der Waals surface area contributed by atoms with E-state index in [0.29, 0.717) is 18.9 Å². The first-order valence-electron chi connectivity index (χ1n) is 11.1. The molecular weight excluding hydrogens is 427 g/mol. The Labute approximate surface area is 188 Å². The van der Waals surface area contributed by atoms with Crippen molar-refractivity contribution in [2.75, 3.05) is 13.2 Å². The van der Waals surface area contributed by atoms with Crippen LogP contribution >= 0.6 is 0 Å². The van der Waals surface area contributed by atoms with Crippen LogP contribution in [0.1, 0.15) is 48.8 Å². The Bertz CT molecular complexity index is 1360. The molecule has 1 aliphatic heterocycles. The lowest BCUT2D eigenvalue weighted by atomic mass is 9.67. The Kier molecular flexibility index (Phi) is 4.53. The third-order valence-corrected chi connectivity index (χ3v) is 7.09. The summed E-state index contributed by atoms with van der Waals surface area (Å²) in [4.78, 5) is 16.5. The first kappa shape index (κ1) is 20.3. The lowest BCUT2D eigenvalue weighted by Gasteiger charge is -2.41. The number of ether oxygens (including phenoxy) is 1. The predicted octanol–water partition coefficient (Wildman–Crippen LogP) is 3.63. The Hall–Kier alpha value is -3.30. The van der Waals surface area contributed by atoms with Crippen molar-refractivity contribution in [2.45, 2.75) is 43.1 Å². The molecule has 0 spiro atoms. The molecule has 33 heavy (non-hydrogen) atoms. The molecule has 170 valence electrons. The molecule has 6 rings (SSSR count). The van der Waals surface area contributed by atoms with Gasteiger partial charge in [0.2, 0.25) is 0 Å². The third kappa shape index (κ3) is 3.14. The number of aromatic amines is 1. The van der Waals surface area contributed by atoms with Crippen LogP contribution in [0, 0.1) is 5.82 Å². The van der Waals surface area contributed by atoms with Gasteiger partial charge in [0, 0.05) is 41.5 Å². The van der Waals surface area contributed by atoms with Crippen LogP contribution in [0.4, 0.5) is 4.39 Å². The fraction of sp³-hybridized carbons (Fsp3) is 0.375. The topological polar surface area (TPSA) is 113 Å². The average Bonchev–Trinajstić information content (AvgIpc) is 3.38. The van der Waals surface area contributed by atoms with Crippen LogP contribution < -0.4 is 0 Å². The van der Waals surface area contributed by atoms with E-state index in [-0.39, 0.29) is 30.5 Å². The van der Waals surface area contributed by atoms with Crippen LogP contribution in [0.15, 0.2) is 36.5 Å². The highest BCUT2D eigenvalue weighted by molar-refractivity contribution is 5.94. The average molecular weight is 450 g/mol. The molecular formula is C24H23FN4O4. The summed E-state index contributed by atoms with van der Waals surface area (Å²) < 4.78 is 21.5. The number of halogens is 1. The van der Waals surface area contributed by atoms with Crippen molar-refractivity contribution in [3.8, 4) is 5.69 Å². The summed E-state index contributed by atoms with van der Waals surface area (Å²) in [6, 6.07) is 8.37. The number of nitrogens with one attached hydrogen (secondary N) is 1. The van der Waals surface area contributed by atoms with Crippen molar-refractivity contribution in [3.05, 3.63) is 53.6 Å². The van der Waals surface area contributed by atoms with Crippen molar-refractivity contribution in [1.82, 2.24) is 19.7 Å². The minimum atomic E-state index is -1.72. The zero-order valence-electron chi connectivity index (χ0n) is 17.8. The number of carboxylic acids is 1. The molecule has 0 atom stereocenters. The van der Waals surface area contributed by atoms with Crippen LogP contribution in [0.5, 0.6) is 0 Å². The highest BCUT2D eigenvalue weighted by Crippen LogP contribution is 2.51. The summed E-state index contributed by atoms with van der Waals surface area (Å²) in [5.41, 5.74) is 3.36. The van der Waals surface area contributed by atoms with E-state index >= 15 is 0 Å². The normalized spacial score (nSPS) is 23.8. The number of carboxylic acid groups (broad SMARTS) is 1. The summed E-state index contributed by atoms with van der Waals surface area (Å²) in [5, 5.41) is 27.8. The molecule has 0 amide bonds. The zero-order chi connectivity index (χ0) is 22.7. The van der Waals surface area contributed by atoms with E-state index in [1.807, 2.05) is 6.07 Å². The molecule has 1 saturated carbocycles. The van der Waals surface area contributed by atoms with Crippen LogP contribution in [-0.4, -0.2) is 54.7 Å². The molecule has 2 aliphatic rings. The second-order valence-electron chi connectivity index (χ2n) is 9.10. The van der Waals surface area contributed by atoms with E-state index in [0.717, 1.165) is 46.2 Å². The van der Waals surface area contributed by atoms with Gasteiger partial charge in [-0.3, -0.25) is 5.10 Å². The maximum absolute atomic E-state index is 13.8. The van der Waals surface area contributed by atoms with E-state index < -0.39 is 11.6 Å². The minimum absolute atomic E-state index is 0.129. The number of carbonyl (C=O) groups is 1. The number of hydrogen-bond acceptors (Lipinski definition) is 5. The fourth-order valence-corrected chi connectivity index (χ4v) is 5.39. The van der Waals surface area contributed by atoms with Crippen LogP contribution in [0.25, 0.3) is 27.8 Å².